The molecule has 3 rings (SSSR count). The Morgan fingerprint density at radius 1 is 0.800 bits per heavy atom. The number of hydrogen-bond donors (Lipinski definition) is 2. The zero-order valence-electron chi connectivity index (χ0n) is 13.5. The Morgan fingerprint density at radius 3 is 2.08 bits per heavy atom. The van der Waals surface area contributed by atoms with Crippen molar-refractivity contribution in [1.29, 1.82) is 0 Å². The number of carbonyl (C=O) groups excluding carboxylic acids is 1. The summed E-state index contributed by atoms with van der Waals surface area (Å²) in [5.74, 6) is 1.81. The van der Waals surface area contributed by atoms with Gasteiger partial charge in [-0.25, -0.2) is 0 Å². The minimum Gasteiger partial charge on any atom is -0.484 e. The molecule has 126 valence electrons. The van der Waals surface area contributed by atoms with Gasteiger partial charge in [-0.05, 0) is 60.7 Å². The van der Waals surface area contributed by atoms with E-state index in [0.29, 0.717) is 22.9 Å². The minimum atomic E-state index is -0.241. The third-order valence-corrected chi connectivity index (χ3v) is 3.37. The van der Waals surface area contributed by atoms with Crippen LogP contribution in [0.2, 0.25) is 0 Å². The Bertz CT molecular complexity index is 816. The lowest BCUT2D eigenvalue weighted by Gasteiger charge is -2.09. The van der Waals surface area contributed by atoms with E-state index in [2.05, 4.69) is 5.32 Å². The van der Waals surface area contributed by atoms with E-state index in [9.17, 15) is 4.79 Å². The van der Waals surface area contributed by atoms with Crippen molar-refractivity contribution in [2.24, 2.45) is 0 Å². The quantitative estimate of drug-likeness (QED) is 0.666. The highest BCUT2D eigenvalue weighted by Crippen LogP contribution is 2.23. The predicted octanol–water partition coefficient (Wildman–Crippen LogP) is 4.08. The Balaban J connectivity index is 1.49. The van der Waals surface area contributed by atoms with Crippen molar-refractivity contribution in [2.45, 2.75) is 0 Å². The minimum absolute atomic E-state index is 0.0801. The first-order valence-electron chi connectivity index (χ1n) is 7.80. The summed E-state index contributed by atoms with van der Waals surface area (Å²) in [5.41, 5.74) is 6.93. The molecule has 0 fully saturated rings. The van der Waals surface area contributed by atoms with Gasteiger partial charge in [0.1, 0.15) is 17.2 Å². The fourth-order valence-electron chi connectivity index (χ4n) is 2.14. The monoisotopic (exact) mass is 334 g/mol. The van der Waals surface area contributed by atoms with Gasteiger partial charge in [-0.3, -0.25) is 4.79 Å². The van der Waals surface area contributed by atoms with E-state index in [1.165, 1.54) is 0 Å². The van der Waals surface area contributed by atoms with E-state index in [4.69, 9.17) is 15.2 Å². The van der Waals surface area contributed by atoms with Crippen LogP contribution in [0.25, 0.3) is 0 Å². The van der Waals surface area contributed by atoms with Crippen molar-refractivity contribution >= 4 is 17.3 Å². The van der Waals surface area contributed by atoms with E-state index in [-0.39, 0.29) is 12.5 Å². The van der Waals surface area contributed by atoms with E-state index in [1.807, 2.05) is 30.3 Å². The Kier molecular flexibility index (Phi) is 5.16. The van der Waals surface area contributed by atoms with Crippen LogP contribution in [-0.4, -0.2) is 12.5 Å². The highest BCUT2D eigenvalue weighted by Gasteiger charge is 2.04. The van der Waals surface area contributed by atoms with E-state index in [1.54, 1.807) is 48.5 Å². The van der Waals surface area contributed by atoms with E-state index in [0.717, 1.165) is 5.75 Å². The van der Waals surface area contributed by atoms with Gasteiger partial charge in [-0.15, -0.1) is 0 Å². The van der Waals surface area contributed by atoms with Gasteiger partial charge >= 0.3 is 0 Å². The number of nitrogen functional groups attached to an aromatic ring is 1. The van der Waals surface area contributed by atoms with Crippen LogP contribution in [0.4, 0.5) is 11.4 Å². The Hall–Kier alpha value is -3.47. The van der Waals surface area contributed by atoms with Crippen molar-refractivity contribution in [2.75, 3.05) is 17.7 Å². The molecule has 0 saturated carbocycles. The number of anilines is 2. The normalized spacial score (nSPS) is 10.1. The molecule has 0 saturated heterocycles. The van der Waals surface area contributed by atoms with Crippen LogP contribution in [0.1, 0.15) is 0 Å². The maximum Gasteiger partial charge on any atom is 0.262 e. The molecule has 0 bridgehead atoms. The lowest BCUT2D eigenvalue weighted by atomic mass is 10.3. The maximum atomic E-state index is 11.9. The number of para-hydroxylation sites is 1. The fraction of sp³-hybridized carbons (Fsp3) is 0.0500. The molecule has 0 unspecified atom stereocenters. The molecular formula is C20H18N2O3. The van der Waals surface area contributed by atoms with Crippen LogP contribution >= 0.6 is 0 Å². The highest BCUT2D eigenvalue weighted by molar-refractivity contribution is 5.92. The molecule has 0 aromatic heterocycles. The zero-order chi connectivity index (χ0) is 17.5. The lowest BCUT2D eigenvalue weighted by molar-refractivity contribution is -0.118. The number of rotatable bonds is 6. The summed E-state index contributed by atoms with van der Waals surface area (Å²) in [6, 6.07) is 23.5. The van der Waals surface area contributed by atoms with Gasteiger partial charge in [0.05, 0.1) is 0 Å². The van der Waals surface area contributed by atoms with Crippen molar-refractivity contribution < 1.29 is 14.3 Å². The van der Waals surface area contributed by atoms with Gasteiger partial charge in [-0.2, -0.15) is 0 Å². The topological polar surface area (TPSA) is 73.6 Å². The molecule has 5 nitrogen and oxygen atoms in total. The van der Waals surface area contributed by atoms with Crippen LogP contribution in [-0.2, 0) is 4.79 Å². The molecule has 1 amide bonds. The van der Waals surface area contributed by atoms with Gasteiger partial charge in [0.15, 0.2) is 6.61 Å². The van der Waals surface area contributed by atoms with E-state index >= 15 is 0 Å². The molecule has 5 heteroatoms. The molecule has 25 heavy (non-hydrogen) atoms. The zero-order valence-corrected chi connectivity index (χ0v) is 13.5. The number of benzene rings is 3. The SMILES string of the molecule is Nc1ccc(NC(=O)COc2ccc(Oc3ccccc3)cc2)cc1. The summed E-state index contributed by atoms with van der Waals surface area (Å²) < 4.78 is 11.2. The van der Waals surface area contributed by atoms with Crippen LogP contribution < -0.4 is 20.5 Å². The second-order valence-corrected chi connectivity index (χ2v) is 5.35. The number of nitrogens with one attached hydrogen (secondary N) is 1. The number of nitrogens with two attached hydrogens (primary N) is 1. The fourth-order valence-corrected chi connectivity index (χ4v) is 2.14. The summed E-state index contributed by atoms with van der Waals surface area (Å²) in [6.07, 6.45) is 0. The lowest BCUT2D eigenvalue weighted by Crippen LogP contribution is -2.20. The second-order valence-electron chi connectivity index (χ2n) is 5.35. The van der Waals surface area contributed by atoms with Crippen LogP contribution in [0.3, 0.4) is 0 Å². The van der Waals surface area contributed by atoms with Gasteiger partial charge in [-0.1, -0.05) is 18.2 Å². The number of amides is 1. The first-order valence-corrected chi connectivity index (χ1v) is 7.80. The number of hydrogen-bond acceptors (Lipinski definition) is 4. The summed E-state index contributed by atoms with van der Waals surface area (Å²) in [6.45, 7) is -0.0801. The first-order chi connectivity index (χ1) is 12.2. The molecule has 0 aliphatic carbocycles. The largest absolute Gasteiger partial charge is 0.484 e. The standard InChI is InChI=1S/C20H18N2O3/c21-15-6-8-16(9-7-15)22-20(23)14-24-17-10-12-19(13-11-17)25-18-4-2-1-3-5-18/h1-13H,14,21H2,(H,22,23). The highest BCUT2D eigenvalue weighted by atomic mass is 16.5. The molecule has 3 N–H and O–H groups in total. The molecule has 0 atom stereocenters. The van der Waals surface area contributed by atoms with Gasteiger partial charge in [0, 0.05) is 11.4 Å². The average molecular weight is 334 g/mol. The van der Waals surface area contributed by atoms with Crippen molar-refractivity contribution in [1.82, 2.24) is 0 Å². The summed E-state index contributed by atoms with van der Waals surface area (Å²) in [7, 11) is 0. The molecule has 3 aromatic rings. The van der Waals surface area contributed by atoms with Crippen LogP contribution in [0, 0.1) is 0 Å². The van der Waals surface area contributed by atoms with Gasteiger partial charge in [0.25, 0.3) is 5.91 Å². The van der Waals surface area contributed by atoms with E-state index < -0.39 is 0 Å². The number of carbonyl (C=O) groups is 1. The molecule has 0 aliphatic rings. The summed E-state index contributed by atoms with van der Waals surface area (Å²) >= 11 is 0. The summed E-state index contributed by atoms with van der Waals surface area (Å²) in [5, 5.41) is 2.74. The average Bonchev–Trinajstić information content (AvgIpc) is 2.64. The molecule has 0 heterocycles. The third-order valence-electron chi connectivity index (χ3n) is 3.37. The molecule has 0 spiro atoms. The smallest absolute Gasteiger partial charge is 0.262 e. The maximum absolute atomic E-state index is 11.9. The molecule has 0 aliphatic heterocycles. The molecule has 0 radical (unpaired) electrons. The molecule has 3 aromatic carbocycles. The van der Waals surface area contributed by atoms with Crippen molar-refractivity contribution in [3.8, 4) is 17.2 Å². The van der Waals surface area contributed by atoms with Gasteiger partial charge in [0.2, 0.25) is 0 Å². The molecular weight excluding hydrogens is 316 g/mol. The van der Waals surface area contributed by atoms with Gasteiger partial charge < -0.3 is 20.5 Å². The summed E-state index contributed by atoms with van der Waals surface area (Å²) in [4.78, 5) is 11.9. The van der Waals surface area contributed by atoms with Crippen LogP contribution in [0.15, 0.2) is 78.9 Å². The van der Waals surface area contributed by atoms with Crippen LogP contribution in [0.5, 0.6) is 17.2 Å². The predicted molar refractivity (Wildman–Crippen MR) is 97.9 cm³/mol. The van der Waals surface area contributed by atoms with Crippen molar-refractivity contribution in [3.63, 3.8) is 0 Å². The number of ether oxygens (including phenoxy) is 2. The van der Waals surface area contributed by atoms with Crippen molar-refractivity contribution in [3.05, 3.63) is 78.9 Å². The first kappa shape index (κ1) is 16.4. The third kappa shape index (κ3) is 5.00. The Labute approximate surface area is 146 Å². The Morgan fingerprint density at radius 2 is 1.40 bits per heavy atom. The second kappa shape index (κ2) is 7.88.